The molecule has 6 rings (SSSR count). The monoisotopic (exact) mass is 520 g/mol. The Morgan fingerprint density at radius 1 is 0.556 bits per heavy atom. The highest BCUT2D eigenvalue weighted by atomic mass is 35.5. The number of carbonyl (C=O) groups is 4. The second kappa shape index (κ2) is 8.15. The Labute approximate surface area is 218 Å². The molecule has 2 aromatic carbocycles. The third-order valence-corrected chi connectivity index (χ3v) is 8.96. The fourth-order valence-electron chi connectivity index (χ4n) is 6.35. The lowest BCUT2D eigenvalue weighted by Gasteiger charge is -2.53. The van der Waals surface area contributed by atoms with E-state index < -0.39 is 35.5 Å². The van der Waals surface area contributed by atoms with Crippen molar-refractivity contribution in [3.63, 3.8) is 0 Å². The average Bonchev–Trinajstić information content (AvgIpc) is 2.86. The van der Waals surface area contributed by atoms with Gasteiger partial charge in [-0.1, -0.05) is 59.6 Å². The van der Waals surface area contributed by atoms with Crippen LogP contribution in [0, 0.1) is 49.4 Å². The summed E-state index contributed by atoms with van der Waals surface area (Å²) >= 11 is 12.6. The van der Waals surface area contributed by atoms with Gasteiger partial charge in [0.25, 0.3) is 0 Å². The van der Waals surface area contributed by atoms with Gasteiger partial charge in [0, 0.05) is 10.0 Å². The van der Waals surface area contributed by atoms with Gasteiger partial charge < -0.3 is 0 Å². The summed E-state index contributed by atoms with van der Waals surface area (Å²) in [5.41, 5.74) is 2.20. The van der Waals surface area contributed by atoms with Gasteiger partial charge in [-0.15, -0.1) is 0 Å². The van der Waals surface area contributed by atoms with E-state index in [2.05, 4.69) is 0 Å². The van der Waals surface area contributed by atoms with Crippen LogP contribution in [-0.4, -0.2) is 23.6 Å². The number of hydrogen-bond donors (Lipinski definition) is 0. The molecule has 8 heteroatoms. The predicted molar refractivity (Wildman–Crippen MR) is 137 cm³/mol. The number of carbonyl (C=O) groups excluding carboxylic acids is 4. The molecule has 2 aliphatic carbocycles. The zero-order valence-electron chi connectivity index (χ0n) is 19.5. The molecule has 36 heavy (non-hydrogen) atoms. The van der Waals surface area contributed by atoms with E-state index in [1.54, 1.807) is 74.5 Å². The Balaban J connectivity index is 1.45. The predicted octanol–water partition coefficient (Wildman–Crippen LogP) is 4.89. The van der Waals surface area contributed by atoms with Crippen molar-refractivity contribution >= 4 is 58.2 Å². The summed E-state index contributed by atoms with van der Waals surface area (Å²) in [5.74, 6) is -4.87. The fraction of sp³-hybridized carbons (Fsp3) is 0.286. The first-order valence-corrected chi connectivity index (χ1v) is 12.6. The first-order chi connectivity index (χ1) is 17.2. The molecule has 4 aliphatic rings. The van der Waals surface area contributed by atoms with Crippen molar-refractivity contribution in [3.05, 3.63) is 81.9 Å². The minimum absolute atomic E-state index is 0.358. The molecular formula is C28H22Cl2N2O4. The summed E-state index contributed by atoms with van der Waals surface area (Å²) in [6.07, 6.45) is 6.97. The summed E-state index contributed by atoms with van der Waals surface area (Å²) in [4.78, 5) is 57.3. The zero-order chi connectivity index (χ0) is 25.5. The third-order valence-electron chi connectivity index (χ3n) is 8.14. The molecule has 0 spiro atoms. The van der Waals surface area contributed by atoms with Crippen molar-refractivity contribution in [1.29, 1.82) is 0 Å². The highest BCUT2D eigenvalue weighted by Crippen LogP contribution is 2.54. The van der Waals surface area contributed by atoms with Crippen molar-refractivity contribution in [2.24, 2.45) is 35.5 Å². The van der Waals surface area contributed by atoms with Crippen LogP contribution >= 0.6 is 23.2 Å². The number of piperidine rings is 2. The van der Waals surface area contributed by atoms with Gasteiger partial charge in [-0.2, -0.15) is 0 Å². The standard InChI is InChI=1S/C28H22Cl2N2O4/c1-13-19(29)5-3-7-21(13)31-25(33)15-9-11-17-24-18(12-10-16(23(15)24)26(31)34)28(36)32(27(17)35)22-8-4-6-20(30)14(22)2/h3-12,15-18,23-24H,1-2H3/t15-,16+,17+,18-,23?,24?. The Morgan fingerprint density at radius 3 is 1.17 bits per heavy atom. The topological polar surface area (TPSA) is 74.8 Å². The van der Waals surface area contributed by atoms with Crippen LogP contribution < -0.4 is 9.80 Å². The molecule has 182 valence electrons. The van der Waals surface area contributed by atoms with Crippen LogP contribution in [0.5, 0.6) is 0 Å². The van der Waals surface area contributed by atoms with Gasteiger partial charge in [0.2, 0.25) is 23.6 Å². The van der Waals surface area contributed by atoms with E-state index in [9.17, 15) is 19.2 Å². The largest absolute Gasteiger partial charge is 0.273 e. The molecule has 2 saturated heterocycles. The molecule has 6 nitrogen and oxygen atoms in total. The average molecular weight is 521 g/mol. The van der Waals surface area contributed by atoms with Crippen LogP contribution in [0.3, 0.4) is 0 Å². The maximum Gasteiger partial charge on any atom is 0.241 e. The second-order valence-electron chi connectivity index (χ2n) is 9.82. The molecule has 2 unspecified atom stereocenters. The molecular weight excluding hydrogens is 499 g/mol. The van der Waals surface area contributed by atoms with Crippen LogP contribution in [0.2, 0.25) is 10.0 Å². The van der Waals surface area contributed by atoms with Crippen LogP contribution in [0.15, 0.2) is 60.7 Å². The van der Waals surface area contributed by atoms with Gasteiger partial charge in [0.1, 0.15) is 0 Å². The quantitative estimate of drug-likeness (QED) is 0.417. The summed E-state index contributed by atoms with van der Waals surface area (Å²) in [7, 11) is 0. The van der Waals surface area contributed by atoms with E-state index in [1.165, 1.54) is 9.80 Å². The lowest BCUT2D eigenvalue weighted by atomic mass is 9.55. The van der Waals surface area contributed by atoms with Gasteiger partial charge in [-0.05, 0) is 61.1 Å². The highest BCUT2D eigenvalue weighted by molar-refractivity contribution is 6.33. The van der Waals surface area contributed by atoms with Crippen molar-refractivity contribution in [2.75, 3.05) is 9.80 Å². The van der Waals surface area contributed by atoms with Gasteiger partial charge in [0.15, 0.2) is 0 Å². The Morgan fingerprint density at radius 2 is 0.861 bits per heavy atom. The number of hydrogen-bond acceptors (Lipinski definition) is 4. The smallest absolute Gasteiger partial charge is 0.241 e. The van der Waals surface area contributed by atoms with E-state index in [0.717, 1.165) is 0 Å². The van der Waals surface area contributed by atoms with Crippen LogP contribution in [0.1, 0.15) is 11.1 Å². The molecule has 0 radical (unpaired) electrons. The summed E-state index contributed by atoms with van der Waals surface area (Å²) < 4.78 is 0. The molecule has 2 aliphatic heterocycles. The molecule has 0 saturated carbocycles. The van der Waals surface area contributed by atoms with Crippen molar-refractivity contribution < 1.29 is 19.2 Å². The number of nitrogens with zero attached hydrogens (tertiary/aromatic N) is 2. The maximum absolute atomic E-state index is 13.7. The van der Waals surface area contributed by atoms with Gasteiger partial charge in [-0.3, -0.25) is 19.2 Å². The van der Waals surface area contributed by atoms with Crippen molar-refractivity contribution in [3.8, 4) is 0 Å². The summed E-state index contributed by atoms with van der Waals surface area (Å²) in [6, 6.07) is 10.3. The van der Waals surface area contributed by atoms with E-state index in [0.29, 0.717) is 32.5 Å². The molecule has 6 atom stereocenters. The number of imide groups is 2. The van der Waals surface area contributed by atoms with E-state index in [1.807, 2.05) is 0 Å². The molecule has 2 fully saturated rings. The van der Waals surface area contributed by atoms with Gasteiger partial charge in [-0.25, -0.2) is 9.80 Å². The molecule has 0 aromatic heterocycles. The molecule has 4 amide bonds. The highest BCUT2D eigenvalue weighted by Gasteiger charge is 2.61. The Kier molecular flexibility index (Phi) is 5.25. The van der Waals surface area contributed by atoms with Crippen LogP contribution in [0.4, 0.5) is 11.4 Å². The SMILES string of the molecule is Cc1c(Cl)cccc1N1C(=O)[C@H]2C=C[C@H]3C(=O)N(c4cccc(Cl)c4C)C(=O)[C@H]4C=C[C@@H](C1=O)C2C43. The van der Waals surface area contributed by atoms with E-state index >= 15 is 0 Å². The number of anilines is 2. The molecule has 0 N–H and O–H groups in total. The minimum Gasteiger partial charge on any atom is -0.273 e. The normalized spacial score (nSPS) is 30.7. The van der Waals surface area contributed by atoms with E-state index in [-0.39, 0.29) is 23.6 Å². The van der Waals surface area contributed by atoms with Gasteiger partial charge in [0.05, 0.1) is 35.0 Å². The second-order valence-corrected chi connectivity index (χ2v) is 10.6. The minimum atomic E-state index is -0.625. The van der Waals surface area contributed by atoms with Crippen LogP contribution in [-0.2, 0) is 19.2 Å². The number of amides is 4. The Bertz CT molecular complexity index is 1270. The van der Waals surface area contributed by atoms with Crippen molar-refractivity contribution in [2.45, 2.75) is 13.8 Å². The first kappa shape index (κ1) is 23.2. The first-order valence-electron chi connectivity index (χ1n) is 11.8. The molecule has 2 heterocycles. The third kappa shape index (κ3) is 3.04. The number of halogens is 2. The zero-order valence-corrected chi connectivity index (χ0v) is 21.0. The summed E-state index contributed by atoms with van der Waals surface area (Å²) in [5, 5.41) is 0.933. The lowest BCUT2D eigenvalue weighted by molar-refractivity contribution is -0.148. The maximum atomic E-state index is 13.7. The van der Waals surface area contributed by atoms with Gasteiger partial charge >= 0.3 is 0 Å². The Hall–Kier alpha value is -3.22. The summed E-state index contributed by atoms with van der Waals surface area (Å²) in [6.45, 7) is 3.54. The number of rotatable bonds is 2. The van der Waals surface area contributed by atoms with Crippen LogP contribution in [0.25, 0.3) is 0 Å². The molecule has 2 aromatic rings. The van der Waals surface area contributed by atoms with Crippen molar-refractivity contribution in [1.82, 2.24) is 0 Å². The lowest BCUT2D eigenvalue weighted by Crippen LogP contribution is -2.64. The fourth-order valence-corrected chi connectivity index (χ4v) is 6.69. The molecule has 0 bridgehead atoms. The van der Waals surface area contributed by atoms with E-state index in [4.69, 9.17) is 23.2 Å². The number of benzene rings is 2.